The maximum atomic E-state index is 11.1. The molecule has 6 rings (SSSR count). The minimum Gasteiger partial charge on any atom is -0.390 e. The molecule has 5 atom stereocenters. The quantitative estimate of drug-likeness (QED) is 0.518. The number of fused-ring (bicyclic) bond motifs is 2. The molecule has 8 nitrogen and oxygen atoms in total. The van der Waals surface area contributed by atoms with Gasteiger partial charge in [0, 0.05) is 35.1 Å². The lowest BCUT2D eigenvalue weighted by Crippen LogP contribution is -2.37. The van der Waals surface area contributed by atoms with Gasteiger partial charge in [-0.05, 0) is 50.5 Å². The molecule has 0 radical (unpaired) electrons. The smallest absolute Gasteiger partial charge is 0.143 e. The van der Waals surface area contributed by atoms with Gasteiger partial charge in [-0.3, -0.25) is 0 Å². The van der Waals surface area contributed by atoms with Crippen molar-refractivity contribution in [2.45, 2.75) is 51.0 Å². The summed E-state index contributed by atoms with van der Waals surface area (Å²) in [5, 5.41) is 23.1. The van der Waals surface area contributed by atoms with Gasteiger partial charge in [-0.25, -0.2) is 15.0 Å². The van der Waals surface area contributed by atoms with Crippen LogP contribution in [0, 0.1) is 19.3 Å². The molecule has 1 saturated carbocycles. The topological polar surface area (TPSA) is 97.7 Å². The molecule has 2 N–H and O–H groups in total. The highest BCUT2D eigenvalue weighted by molar-refractivity contribution is 5.78. The minimum absolute atomic E-state index is 0.131. The van der Waals surface area contributed by atoms with Gasteiger partial charge in [0.25, 0.3) is 0 Å². The first-order chi connectivity index (χ1) is 15.0. The molecule has 5 heterocycles. The Morgan fingerprint density at radius 1 is 1.10 bits per heavy atom. The van der Waals surface area contributed by atoms with E-state index in [0.717, 1.165) is 33.6 Å². The van der Waals surface area contributed by atoms with Crippen molar-refractivity contribution in [2.24, 2.45) is 5.41 Å². The van der Waals surface area contributed by atoms with Crippen LogP contribution < -0.4 is 0 Å². The van der Waals surface area contributed by atoms with E-state index in [0.29, 0.717) is 19.4 Å². The molecule has 4 aromatic heterocycles. The van der Waals surface area contributed by atoms with Gasteiger partial charge in [-0.1, -0.05) is 0 Å². The first-order valence-electron chi connectivity index (χ1n) is 10.7. The molecular weight excluding hydrogens is 394 g/mol. The molecule has 0 bridgehead atoms. The second-order valence-electron chi connectivity index (χ2n) is 9.08. The lowest BCUT2D eigenvalue weighted by Gasteiger charge is -2.26. The SMILES string of the molecule is Cc1ncnc2c1ccn2C1CC2(COC(c3ccn4c(C)cnc4c3)C2)C(O)C1O. The third kappa shape index (κ3) is 2.68. The molecule has 1 aliphatic carbocycles. The summed E-state index contributed by atoms with van der Waals surface area (Å²) >= 11 is 0. The predicted molar refractivity (Wildman–Crippen MR) is 114 cm³/mol. The van der Waals surface area contributed by atoms with E-state index >= 15 is 0 Å². The zero-order chi connectivity index (χ0) is 21.3. The van der Waals surface area contributed by atoms with E-state index in [9.17, 15) is 10.2 Å². The molecule has 4 aromatic rings. The number of pyridine rings is 1. The average molecular weight is 419 g/mol. The van der Waals surface area contributed by atoms with Crippen LogP contribution in [0.25, 0.3) is 16.7 Å². The number of rotatable bonds is 2. The van der Waals surface area contributed by atoms with Gasteiger partial charge in [0.15, 0.2) is 0 Å². The number of aliphatic hydroxyl groups excluding tert-OH is 2. The van der Waals surface area contributed by atoms with Crippen molar-refractivity contribution in [3.05, 3.63) is 60.1 Å². The van der Waals surface area contributed by atoms with Crippen LogP contribution in [0.3, 0.4) is 0 Å². The summed E-state index contributed by atoms with van der Waals surface area (Å²) in [6.07, 6.45) is 6.76. The fourth-order valence-electron chi connectivity index (χ4n) is 5.50. The van der Waals surface area contributed by atoms with Crippen molar-refractivity contribution in [2.75, 3.05) is 6.61 Å². The van der Waals surface area contributed by atoms with Gasteiger partial charge in [0.2, 0.25) is 0 Å². The first kappa shape index (κ1) is 18.9. The summed E-state index contributed by atoms with van der Waals surface area (Å²) in [6.45, 7) is 4.39. The van der Waals surface area contributed by atoms with Crippen LogP contribution in [0.4, 0.5) is 0 Å². The minimum atomic E-state index is -0.884. The van der Waals surface area contributed by atoms with Crippen molar-refractivity contribution in [1.29, 1.82) is 0 Å². The Balaban J connectivity index is 1.31. The summed E-state index contributed by atoms with van der Waals surface area (Å²) < 4.78 is 10.2. The third-order valence-corrected chi connectivity index (χ3v) is 7.28. The van der Waals surface area contributed by atoms with Crippen molar-refractivity contribution in [1.82, 2.24) is 23.9 Å². The zero-order valence-electron chi connectivity index (χ0n) is 17.5. The maximum Gasteiger partial charge on any atom is 0.143 e. The van der Waals surface area contributed by atoms with Crippen LogP contribution in [0.2, 0.25) is 0 Å². The number of aliphatic hydroxyl groups is 2. The molecule has 1 spiro atoms. The lowest BCUT2D eigenvalue weighted by molar-refractivity contribution is -0.0309. The largest absolute Gasteiger partial charge is 0.390 e. The summed E-state index contributed by atoms with van der Waals surface area (Å²) in [5.74, 6) is 0. The molecule has 1 aliphatic heterocycles. The van der Waals surface area contributed by atoms with Crippen LogP contribution in [-0.2, 0) is 4.74 Å². The Labute approximate surface area is 179 Å². The van der Waals surface area contributed by atoms with Crippen molar-refractivity contribution in [3.8, 4) is 0 Å². The van der Waals surface area contributed by atoms with Crippen LogP contribution in [0.5, 0.6) is 0 Å². The number of ether oxygens (including phenoxy) is 1. The third-order valence-electron chi connectivity index (χ3n) is 7.28. The number of hydrogen-bond donors (Lipinski definition) is 2. The van der Waals surface area contributed by atoms with Crippen LogP contribution >= 0.6 is 0 Å². The lowest BCUT2D eigenvalue weighted by atomic mass is 9.80. The summed E-state index contributed by atoms with van der Waals surface area (Å²) in [6, 6.07) is 5.82. The number of aromatic nitrogens is 5. The Kier molecular flexibility index (Phi) is 4.02. The van der Waals surface area contributed by atoms with E-state index in [1.807, 2.05) is 53.5 Å². The predicted octanol–water partition coefficient (Wildman–Crippen LogP) is 2.51. The molecule has 8 heteroatoms. The number of hydrogen-bond acceptors (Lipinski definition) is 6. The van der Waals surface area contributed by atoms with E-state index in [1.54, 1.807) is 6.33 Å². The second kappa shape index (κ2) is 6.59. The molecule has 31 heavy (non-hydrogen) atoms. The molecule has 2 fully saturated rings. The highest BCUT2D eigenvalue weighted by Gasteiger charge is 2.57. The van der Waals surface area contributed by atoms with E-state index in [2.05, 4.69) is 21.0 Å². The second-order valence-corrected chi connectivity index (χ2v) is 9.08. The van der Waals surface area contributed by atoms with Gasteiger partial charge < -0.3 is 23.9 Å². The van der Waals surface area contributed by atoms with Crippen LogP contribution in [0.15, 0.2) is 43.1 Å². The van der Waals surface area contributed by atoms with Crippen molar-refractivity contribution >= 4 is 16.7 Å². The fourth-order valence-corrected chi connectivity index (χ4v) is 5.50. The van der Waals surface area contributed by atoms with E-state index in [4.69, 9.17) is 4.74 Å². The van der Waals surface area contributed by atoms with E-state index in [-0.39, 0.29) is 12.1 Å². The first-order valence-corrected chi connectivity index (χ1v) is 10.7. The normalized spacial score (nSPS) is 30.8. The molecule has 2 aliphatic rings. The Hall–Kier alpha value is -2.81. The molecule has 0 amide bonds. The number of nitrogens with zero attached hydrogens (tertiary/aromatic N) is 5. The highest BCUT2D eigenvalue weighted by Crippen LogP contribution is 2.54. The molecule has 5 unspecified atom stereocenters. The fraction of sp³-hybridized carbons (Fsp3) is 0.435. The van der Waals surface area contributed by atoms with E-state index < -0.39 is 17.6 Å². The van der Waals surface area contributed by atoms with Gasteiger partial charge >= 0.3 is 0 Å². The van der Waals surface area contributed by atoms with Crippen LogP contribution in [0.1, 0.15) is 41.9 Å². The monoisotopic (exact) mass is 419 g/mol. The van der Waals surface area contributed by atoms with E-state index in [1.165, 1.54) is 0 Å². The summed E-state index contributed by atoms with van der Waals surface area (Å²) in [4.78, 5) is 13.1. The van der Waals surface area contributed by atoms with Crippen molar-refractivity contribution < 1.29 is 14.9 Å². The zero-order valence-corrected chi connectivity index (χ0v) is 17.5. The summed E-state index contributed by atoms with van der Waals surface area (Å²) in [7, 11) is 0. The molecule has 1 saturated heterocycles. The molecular formula is C23H25N5O3. The van der Waals surface area contributed by atoms with Crippen molar-refractivity contribution in [3.63, 3.8) is 0 Å². The Morgan fingerprint density at radius 3 is 2.84 bits per heavy atom. The highest BCUT2D eigenvalue weighted by atomic mass is 16.5. The number of imidazole rings is 1. The molecule has 0 aromatic carbocycles. The Morgan fingerprint density at radius 2 is 1.97 bits per heavy atom. The number of aryl methyl sites for hydroxylation is 2. The summed E-state index contributed by atoms with van der Waals surface area (Å²) in [5.41, 5.74) is 4.22. The average Bonchev–Trinajstić information content (AvgIpc) is 3.53. The molecule has 160 valence electrons. The van der Waals surface area contributed by atoms with Gasteiger partial charge in [-0.15, -0.1) is 0 Å². The van der Waals surface area contributed by atoms with Gasteiger partial charge in [0.1, 0.15) is 23.7 Å². The van der Waals surface area contributed by atoms with Crippen LogP contribution in [-0.4, -0.2) is 52.9 Å². The standard InChI is InChI=1S/C23H25N5O3/c1-13-10-24-19-7-15(3-5-27(13)19)18-9-23(11-31-18)8-17(20(29)21(23)30)28-6-4-16-14(2)25-12-26-22(16)28/h3-7,10,12,17-18,20-21,29-30H,8-9,11H2,1-2H3. The van der Waals surface area contributed by atoms with Gasteiger partial charge in [-0.2, -0.15) is 0 Å². The maximum absolute atomic E-state index is 11.1. The Bertz CT molecular complexity index is 1300. The van der Waals surface area contributed by atoms with Gasteiger partial charge in [0.05, 0.1) is 30.6 Å².